The fraction of sp³-hybridized carbons (Fsp3) is 0.571. The number of nitrogens with one attached hydrogen (secondary N) is 1. The molecule has 5 nitrogen and oxygen atoms in total. The van der Waals surface area contributed by atoms with Crippen molar-refractivity contribution in [1.82, 2.24) is 0 Å². The molecule has 0 aliphatic rings. The van der Waals surface area contributed by atoms with E-state index < -0.39 is 4.92 Å². The zero-order chi connectivity index (χ0) is 14.5. The lowest BCUT2D eigenvalue weighted by atomic mass is 9.83. The Balaban J connectivity index is 2.80. The fourth-order valence-corrected chi connectivity index (χ4v) is 2.02. The van der Waals surface area contributed by atoms with Crippen LogP contribution in [0.5, 0.6) is 0 Å². The van der Waals surface area contributed by atoms with Gasteiger partial charge < -0.3 is 10.4 Å². The molecular formula is C14H22N2O3. The molecule has 0 spiro atoms. The van der Waals surface area contributed by atoms with Gasteiger partial charge in [-0.25, -0.2) is 0 Å². The predicted octanol–water partition coefficient (Wildman–Crippen LogP) is 3.11. The lowest BCUT2D eigenvalue weighted by molar-refractivity contribution is -0.384. The SMILES string of the molecule is CCC(CC)(CO)CNc1ccc([N+](=O)[O-])cc1C. The number of anilines is 1. The number of rotatable bonds is 7. The summed E-state index contributed by atoms with van der Waals surface area (Å²) in [7, 11) is 0. The van der Waals surface area contributed by atoms with E-state index in [1.54, 1.807) is 12.1 Å². The van der Waals surface area contributed by atoms with Crippen LogP contribution in [0.25, 0.3) is 0 Å². The van der Waals surface area contributed by atoms with Gasteiger partial charge in [0.2, 0.25) is 0 Å². The molecule has 0 fully saturated rings. The maximum absolute atomic E-state index is 10.7. The minimum Gasteiger partial charge on any atom is -0.396 e. The molecule has 19 heavy (non-hydrogen) atoms. The van der Waals surface area contributed by atoms with E-state index >= 15 is 0 Å². The first-order chi connectivity index (χ1) is 8.98. The Hall–Kier alpha value is -1.62. The molecule has 106 valence electrons. The van der Waals surface area contributed by atoms with Crippen LogP contribution in [0, 0.1) is 22.5 Å². The molecule has 0 aromatic heterocycles. The number of non-ortho nitro benzene ring substituents is 1. The van der Waals surface area contributed by atoms with E-state index in [1.807, 2.05) is 6.92 Å². The monoisotopic (exact) mass is 266 g/mol. The third-order valence-electron chi connectivity index (χ3n) is 3.91. The average Bonchev–Trinajstić information content (AvgIpc) is 2.42. The van der Waals surface area contributed by atoms with Crippen LogP contribution in [0.2, 0.25) is 0 Å². The van der Waals surface area contributed by atoms with Crippen LogP contribution in [-0.2, 0) is 0 Å². The summed E-state index contributed by atoms with van der Waals surface area (Å²) in [6.07, 6.45) is 1.78. The predicted molar refractivity (Wildman–Crippen MR) is 76.4 cm³/mol. The maximum Gasteiger partial charge on any atom is 0.269 e. The number of aliphatic hydroxyl groups excluding tert-OH is 1. The molecule has 0 heterocycles. The normalized spacial score (nSPS) is 11.4. The van der Waals surface area contributed by atoms with Crippen LogP contribution in [0.1, 0.15) is 32.3 Å². The molecule has 5 heteroatoms. The first kappa shape index (κ1) is 15.4. The third kappa shape index (κ3) is 3.67. The molecule has 0 unspecified atom stereocenters. The van der Waals surface area contributed by atoms with Gasteiger partial charge in [0.05, 0.1) is 11.5 Å². The van der Waals surface area contributed by atoms with Gasteiger partial charge in [0.1, 0.15) is 0 Å². The van der Waals surface area contributed by atoms with Crippen LogP contribution in [-0.4, -0.2) is 23.2 Å². The van der Waals surface area contributed by atoms with Gasteiger partial charge in [-0.15, -0.1) is 0 Å². The number of benzene rings is 1. The lowest BCUT2D eigenvalue weighted by Crippen LogP contribution is -2.32. The van der Waals surface area contributed by atoms with E-state index in [-0.39, 0.29) is 17.7 Å². The number of aryl methyl sites for hydroxylation is 1. The fourth-order valence-electron chi connectivity index (χ4n) is 2.02. The Morgan fingerprint density at radius 3 is 2.42 bits per heavy atom. The van der Waals surface area contributed by atoms with Crippen molar-refractivity contribution in [2.24, 2.45) is 5.41 Å². The highest BCUT2D eigenvalue weighted by Crippen LogP contribution is 2.28. The summed E-state index contributed by atoms with van der Waals surface area (Å²) in [6, 6.07) is 4.77. The number of aliphatic hydroxyl groups is 1. The van der Waals surface area contributed by atoms with Crippen molar-refractivity contribution in [3.8, 4) is 0 Å². The maximum atomic E-state index is 10.7. The molecule has 0 radical (unpaired) electrons. The van der Waals surface area contributed by atoms with E-state index in [9.17, 15) is 15.2 Å². The van der Waals surface area contributed by atoms with Crippen molar-refractivity contribution in [2.75, 3.05) is 18.5 Å². The summed E-state index contributed by atoms with van der Waals surface area (Å²) in [4.78, 5) is 10.3. The molecule has 0 saturated heterocycles. The second kappa shape index (κ2) is 6.52. The number of nitro benzene ring substituents is 1. The summed E-state index contributed by atoms with van der Waals surface area (Å²) < 4.78 is 0. The van der Waals surface area contributed by atoms with Crippen LogP contribution >= 0.6 is 0 Å². The summed E-state index contributed by atoms with van der Waals surface area (Å²) >= 11 is 0. The van der Waals surface area contributed by atoms with Crippen LogP contribution in [0.3, 0.4) is 0 Å². The van der Waals surface area contributed by atoms with Crippen LogP contribution < -0.4 is 5.32 Å². The highest BCUT2D eigenvalue weighted by atomic mass is 16.6. The molecule has 1 aromatic rings. The zero-order valence-corrected chi connectivity index (χ0v) is 11.8. The number of nitro groups is 1. The first-order valence-electron chi connectivity index (χ1n) is 6.57. The molecule has 0 aliphatic carbocycles. The van der Waals surface area contributed by atoms with Gasteiger partial charge in [0.15, 0.2) is 0 Å². The average molecular weight is 266 g/mol. The molecular weight excluding hydrogens is 244 g/mol. The summed E-state index contributed by atoms with van der Waals surface area (Å²) in [5.41, 5.74) is 1.69. The summed E-state index contributed by atoms with van der Waals surface area (Å²) in [5, 5.41) is 23.5. The number of hydrogen-bond donors (Lipinski definition) is 2. The van der Waals surface area contributed by atoms with Crippen molar-refractivity contribution >= 4 is 11.4 Å². The zero-order valence-electron chi connectivity index (χ0n) is 11.8. The van der Waals surface area contributed by atoms with E-state index in [0.717, 1.165) is 24.1 Å². The number of hydrogen-bond acceptors (Lipinski definition) is 4. The van der Waals surface area contributed by atoms with Crippen LogP contribution in [0.4, 0.5) is 11.4 Å². The molecule has 0 aliphatic heterocycles. The Morgan fingerprint density at radius 2 is 2.00 bits per heavy atom. The molecule has 0 amide bonds. The molecule has 0 atom stereocenters. The van der Waals surface area contributed by atoms with Gasteiger partial charge >= 0.3 is 0 Å². The van der Waals surface area contributed by atoms with Crippen LogP contribution in [0.15, 0.2) is 18.2 Å². The van der Waals surface area contributed by atoms with Gasteiger partial charge in [-0.2, -0.15) is 0 Å². The van der Waals surface area contributed by atoms with Gasteiger partial charge in [-0.3, -0.25) is 10.1 Å². The second-order valence-corrected chi connectivity index (χ2v) is 4.98. The summed E-state index contributed by atoms with van der Waals surface area (Å²) in [6.45, 7) is 6.76. The quantitative estimate of drug-likeness (QED) is 0.587. The lowest BCUT2D eigenvalue weighted by Gasteiger charge is -2.30. The Kier molecular flexibility index (Phi) is 5.30. The Morgan fingerprint density at radius 1 is 1.37 bits per heavy atom. The smallest absolute Gasteiger partial charge is 0.269 e. The van der Waals surface area contributed by atoms with Gasteiger partial charge in [0, 0.05) is 29.8 Å². The van der Waals surface area contributed by atoms with E-state index in [1.165, 1.54) is 6.07 Å². The van der Waals surface area contributed by atoms with Crippen molar-refractivity contribution in [2.45, 2.75) is 33.6 Å². The third-order valence-corrected chi connectivity index (χ3v) is 3.91. The Bertz CT molecular complexity index is 434. The Labute approximate surface area is 113 Å². The minimum absolute atomic E-state index is 0.0995. The number of nitrogens with zero attached hydrogens (tertiary/aromatic N) is 1. The second-order valence-electron chi connectivity index (χ2n) is 4.98. The van der Waals surface area contributed by atoms with E-state index in [2.05, 4.69) is 19.2 Å². The van der Waals surface area contributed by atoms with Gasteiger partial charge in [-0.1, -0.05) is 13.8 Å². The standard InChI is InChI=1S/C14H22N2O3/c1-4-14(5-2,10-17)9-15-13-7-6-12(16(18)19)8-11(13)3/h6-8,15,17H,4-5,9-10H2,1-3H3. The molecule has 0 bridgehead atoms. The summed E-state index contributed by atoms with van der Waals surface area (Å²) in [5.74, 6) is 0. The minimum atomic E-state index is -0.396. The highest BCUT2D eigenvalue weighted by molar-refractivity contribution is 5.55. The molecule has 1 rings (SSSR count). The van der Waals surface area contributed by atoms with E-state index in [0.29, 0.717) is 6.54 Å². The van der Waals surface area contributed by atoms with Gasteiger partial charge in [-0.05, 0) is 31.4 Å². The first-order valence-corrected chi connectivity index (χ1v) is 6.57. The van der Waals surface area contributed by atoms with E-state index in [4.69, 9.17) is 0 Å². The molecule has 0 saturated carbocycles. The molecule has 2 N–H and O–H groups in total. The topological polar surface area (TPSA) is 75.4 Å². The largest absolute Gasteiger partial charge is 0.396 e. The van der Waals surface area contributed by atoms with Crippen molar-refractivity contribution in [1.29, 1.82) is 0 Å². The van der Waals surface area contributed by atoms with Gasteiger partial charge in [0.25, 0.3) is 5.69 Å². The van der Waals surface area contributed by atoms with Crippen molar-refractivity contribution in [3.05, 3.63) is 33.9 Å². The molecule has 1 aromatic carbocycles. The van der Waals surface area contributed by atoms with Crippen molar-refractivity contribution in [3.63, 3.8) is 0 Å². The highest BCUT2D eigenvalue weighted by Gasteiger charge is 2.25. The van der Waals surface area contributed by atoms with Crippen molar-refractivity contribution < 1.29 is 10.0 Å².